The van der Waals surface area contributed by atoms with Crippen molar-refractivity contribution in [1.82, 2.24) is 19.9 Å². The predicted octanol–water partition coefficient (Wildman–Crippen LogP) is 3.91. The van der Waals surface area contributed by atoms with Crippen molar-refractivity contribution in [2.24, 2.45) is 0 Å². The maximum Gasteiger partial charge on any atom is 0.273 e. The van der Waals surface area contributed by atoms with Crippen LogP contribution in [0.15, 0.2) is 17.6 Å². The molecule has 0 aliphatic carbocycles. The van der Waals surface area contributed by atoms with Gasteiger partial charge in [0.1, 0.15) is 16.5 Å². The molecule has 0 bridgehead atoms. The molecular formula is C18H24N4OS. The highest BCUT2D eigenvalue weighted by Crippen LogP contribution is 2.35. The molecule has 128 valence electrons. The van der Waals surface area contributed by atoms with Crippen molar-refractivity contribution < 1.29 is 4.79 Å². The molecule has 1 unspecified atom stereocenters. The molecule has 1 aliphatic rings. The van der Waals surface area contributed by atoms with Crippen molar-refractivity contribution in [2.75, 3.05) is 6.54 Å². The molecule has 24 heavy (non-hydrogen) atoms. The molecule has 3 heterocycles. The zero-order valence-electron chi connectivity index (χ0n) is 14.7. The van der Waals surface area contributed by atoms with E-state index in [0.29, 0.717) is 11.5 Å². The molecule has 1 aliphatic heterocycles. The summed E-state index contributed by atoms with van der Waals surface area (Å²) in [5.41, 5.74) is 1.60. The first-order valence-corrected chi connectivity index (χ1v) is 9.31. The van der Waals surface area contributed by atoms with Gasteiger partial charge in [-0.3, -0.25) is 4.79 Å². The van der Waals surface area contributed by atoms with E-state index in [9.17, 15) is 4.79 Å². The lowest BCUT2D eigenvalue weighted by molar-refractivity contribution is 0.0604. The molecule has 1 amide bonds. The third-order valence-electron chi connectivity index (χ3n) is 4.33. The van der Waals surface area contributed by atoms with Crippen LogP contribution in [0.1, 0.15) is 73.1 Å². The van der Waals surface area contributed by atoms with Crippen LogP contribution in [0.3, 0.4) is 0 Å². The van der Waals surface area contributed by atoms with Crippen LogP contribution in [0.2, 0.25) is 0 Å². The Bertz CT molecular complexity index is 735. The van der Waals surface area contributed by atoms with Crippen molar-refractivity contribution in [3.63, 3.8) is 0 Å². The van der Waals surface area contributed by atoms with Crippen molar-refractivity contribution in [2.45, 2.75) is 58.4 Å². The van der Waals surface area contributed by atoms with Crippen LogP contribution >= 0.6 is 11.3 Å². The number of piperidine rings is 1. The Morgan fingerprint density at radius 1 is 1.29 bits per heavy atom. The van der Waals surface area contributed by atoms with Crippen LogP contribution in [0, 0.1) is 6.92 Å². The molecule has 1 fully saturated rings. The molecule has 0 radical (unpaired) electrons. The van der Waals surface area contributed by atoms with Crippen molar-refractivity contribution in [3.8, 4) is 0 Å². The van der Waals surface area contributed by atoms with E-state index in [1.54, 1.807) is 30.5 Å². The van der Waals surface area contributed by atoms with E-state index in [1.165, 1.54) is 0 Å². The van der Waals surface area contributed by atoms with Gasteiger partial charge in [0.25, 0.3) is 5.91 Å². The van der Waals surface area contributed by atoms with E-state index >= 15 is 0 Å². The Labute approximate surface area is 147 Å². The van der Waals surface area contributed by atoms with Gasteiger partial charge >= 0.3 is 0 Å². The first-order chi connectivity index (χ1) is 11.4. The number of thiazole rings is 1. The minimum absolute atomic E-state index is 0.0160. The summed E-state index contributed by atoms with van der Waals surface area (Å²) in [5, 5.41) is 3.17. The average Bonchev–Trinajstić information content (AvgIpc) is 3.04. The van der Waals surface area contributed by atoms with Gasteiger partial charge in [-0.1, -0.05) is 20.8 Å². The van der Waals surface area contributed by atoms with Gasteiger partial charge in [-0.25, -0.2) is 15.0 Å². The summed E-state index contributed by atoms with van der Waals surface area (Å²) in [4.78, 5) is 28.1. The fourth-order valence-corrected chi connectivity index (χ4v) is 4.13. The summed E-state index contributed by atoms with van der Waals surface area (Å²) >= 11 is 1.66. The SMILES string of the molecule is Cc1nccc(C(=O)N2CCCCC2c2nc(C(C)(C)C)cs2)n1. The summed E-state index contributed by atoms with van der Waals surface area (Å²) in [6, 6.07) is 1.76. The molecule has 2 aromatic rings. The third-order valence-corrected chi connectivity index (χ3v) is 5.28. The summed E-state index contributed by atoms with van der Waals surface area (Å²) in [6.07, 6.45) is 4.77. The summed E-state index contributed by atoms with van der Waals surface area (Å²) in [6.45, 7) is 9.07. The normalized spacial score (nSPS) is 18.7. The fraction of sp³-hybridized carbons (Fsp3) is 0.556. The van der Waals surface area contributed by atoms with Gasteiger partial charge in [0.15, 0.2) is 0 Å². The Morgan fingerprint density at radius 3 is 2.75 bits per heavy atom. The maximum absolute atomic E-state index is 13.0. The summed E-state index contributed by atoms with van der Waals surface area (Å²) in [5.74, 6) is 0.608. The van der Waals surface area contributed by atoms with E-state index in [0.717, 1.165) is 36.5 Å². The zero-order chi connectivity index (χ0) is 17.3. The van der Waals surface area contributed by atoms with Crippen LogP contribution in [0.5, 0.6) is 0 Å². The second-order valence-electron chi connectivity index (χ2n) is 7.32. The Balaban J connectivity index is 1.88. The van der Waals surface area contributed by atoms with E-state index in [-0.39, 0.29) is 17.4 Å². The molecule has 0 spiro atoms. The monoisotopic (exact) mass is 344 g/mol. The van der Waals surface area contributed by atoms with Gasteiger partial charge in [-0.15, -0.1) is 11.3 Å². The van der Waals surface area contributed by atoms with Crippen LogP contribution in [0.4, 0.5) is 0 Å². The minimum atomic E-state index is -0.0160. The molecule has 6 heteroatoms. The number of likely N-dealkylation sites (tertiary alicyclic amines) is 1. The maximum atomic E-state index is 13.0. The number of hydrogen-bond acceptors (Lipinski definition) is 5. The van der Waals surface area contributed by atoms with E-state index in [1.807, 2.05) is 4.90 Å². The molecular weight excluding hydrogens is 320 g/mol. The highest BCUT2D eigenvalue weighted by atomic mass is 32.1. The zero-order valence-corrected chi connectivity index (χ0v) is 15.6. The number of carbonyl (C=O) groups is 1. The van der Waals surface area contributed by atoms with Gasteiger partial charge < -0.3 is 4.90 Å². The summed E-state index contributed by atoms with van der Waals surface area (Å²) < 4.78 is 0. The van der Waals surface area contributed by atoms with Gasteiger partial charge in [0.2, 0.25) is 0 Å². The quantitative estimate of drug-likeness (QED) is 0.829. The molecule has 5 nitrogen and oxygen atoms in total. The van der Waals surface area contributed by atoms with Crippen molar-refractivity contribution in [3.05, 3.63) is 39.9 Å². The van der Waals surface area contributed by atoms with E-state index in [2.05, 4.69) is 36.1 Å². The summed E-state index contributed by atoms with van der Waals surface area (Å²) in [7, 11) is 0. The van der Waals surface area contributed by atoms with E-state index < -0.39 is 0 Å². The largest absolute Gasteiger partial charge is 0.328 e. The smallest absolute Gasteiger partial charge is 0.273 e. The second-order valence-corrected chi connectivity index (χ2v) is 8.21. The lowest BCUT2D eigenvalue weighted by Crippen LogP contribution is -2.39. The third kappa shape index (κ3) is 3.48. The molecule has 1 atom stereocenters. The molecule has 0 saturated carbocycles. The van der Waals surface area contributed by atoms with Crippen LogP contribution in [-0.4, -0.2) is 32.3 Å². The molecule has 1 saturated heterocycles. The first kappa shape index (κ1) is 17.0. The lowest BCUT2D eigenvalue weighted by Gasteiger charge is -2.34. The van der Waals surface area contributed by atoms with Crippen LogP contribution in [0.25, 0.3) is 0 Å². The number of aromatic nitrogens is 3. The van der Waals surface area contributed by atoms with Gasteiger partial charge in [-0.05, 0) is 32.3 Å². The van der Waals surface area contributed by atoms with Gasteiger partial charge in [0.05, 0.1) is 11.7 Å². The van der Waals surface area contributed by atoms with Gasteiger partial charge in [0, 0.05) is 23.5 Å². The lowest BCUT2D eigenvalue weighted by atomic mass is 9.93. The molecule has 3 rings (SSSR count). The second kappa shape index (κ2) is 6.59. The molecule has 2 aromatic heterocycles. The van der Waals surface area contributed by atoms with Crippen molar-refractivity contribution >= 4 is 17.2 Å². The number of amides is 1. The first-order valence-electron chi connectivity index (χ1n) is 8.43. The highest BCUT2D eigenvalue weighted by molar-refractivity contribution is 7.09. The van der Waals surface area contributed by atoms with Crippen LogP contribution in [-0.2, 0) is 5.41 Å². The molecule has 0 N–H and O–H groups in total. The predicted molar refractivity (Wildman–Crippen MR) is 95.2 cm³/mol. The highest BCUT2D eigenvalue weighted by Gasteiger charge is 2.32. The Kier molecular flexibility index (Phi) is 4.67. The number of nitrogens with zero attached hydrogens (tertiary/aromatic N) is 4. The number of rotatable bonds is 2. The standard InChI is InChI=1S/C18H24N4OS/c1-12-19-9-8-13(20-12)17(23)22-10-6-5-7-14(22)16-21-15(11-24-16)18(2,3)4/h8-9,11,14H,5-7,10H2,1-4H3. The van der Waals surface area contributed by atoms with E-state index in [4.69, 9.17) is 4.98 Å². The number of carbonyl (C=O) groups excluding carboxylic acids is 1. The number of aryl methyl sites for hydroxylation is 1. The molecule has 0 aromatic carbocycles. The number of hydrogen-bond donors (Lipinski definition) is 0. The topological polar surface area (TPSA) is 59.0 Å². The van der Waals surface area contributed by atoms with Gasteiger partial charge in [-0.2, -0.15) is 0 Å². The Morgan fingerprint density at radius 2 is 2.08 bits per heavy atom. The van der Waals surface area contributed by atoms with Crippen LogP contribution < -0.4 is 0 Å². The van der Waals surface area contributed by atoms with Crippen molar-refractivity contribution in [1.29, 1.82) is 0 Å². The Hall–Kier alpha value is -1.82. The average molecular weight is 344 g/mol. The fourth-order valence-electron chi connectivity index (χ4n) is 2.94. The minimum Gasteiger partial charge on any atom is -0.328 e.